The standard InChI is InChI=1S/C31H36N4O3/c1-31(14-15-31)34-16-13-26(17-28-29(36)30(37)33-21-32-28)25-11-9-23(10-12-25)4-3-22-5-7-24(8-6-22)18-35-19-27(20-35)38-2/h5-12,21,26-27,34,36H,13-20H2,1-2H3,(H,32,33,37). The molecule has 0 amide bonds. The first-order valence-electron chi connectivity index (χ1n) is 13.4. The third kappa shape index (κ3) is 6.70. The lowest BCUT2D eigenvalue weighted by Gasteiger charge is -2.38. The second kappa shape index (κ2) is 11.5. The molecule has 0 bridgehead atoms. The maximum Gasteiger partial charge on any atom is 0.293 e. The summed E-state index contributed by atoms with van der Waals surface area (Å²) in [7, 11) is 1.77. The largest absolute Gasteiger partial charge is 0.502 e. The Morgan fingerprint density at radius 2 is 1.79 bits per heavy atom. The van der Waals surface area contributed by atoms with Crippen molar-refractivity contribution in [3.63, 3.8) is 0 Å². The van der Waals surface area contributed by atoms with Gasteiger partial charge >= 0.3 is 0 Å². The van der Waals surface area contributed by atoms with E-state index in [1.54, 1.807) is 7.11 Å². The van der Waals surface area contributed by atoms with Gasteiger partial charge in [0.25, 0.3) is 5.56 Å². The predicted molar refractivity (Wildman–Crippen MR) is 148 cm³/mol. The monoisotopic (exact) mass is 512 g/mol. The summed E-state index contributed by atoms with van der Waals surface area (Å²) in [6.07, 6.45) is 5.51. The van der Waals surface area contributed by atoms with E-state index in [0.717, 1.165) is 49.3 Å². The third-order valence-corrected chi connectivity index (χ3v) is 7.74. The van der Waals surface area contributed by atoms with E-state index in [0.29, 0.717) is 18.2 Å². The van der Waals surface area contributed by atoms with Crippen molar-refractivity contribution in [1.82, 2.24) is 20.2 Å². The first kappa shape index (κ1) is 26.2. The van der Waals surface area contributed by atoms with Crippen LogP contribution < -0.4 is 10.9 Å². The zero-order valence-corrected chi connectivity index (χ0v) is 22.2. The van der Waals surface area contributed by atoms with Gasteiger partial charge in [-0.25, -0.2) is 4.98 Å². The molecule has 1 atom stereocenters. The number of methoxy groups -OCH3 is 1. The highest BCUT2D eigenvalue weighted by Gasteiger charge is 2.36. The first-order chi connectivity index (χ1) is 18.4. The number of aromatic hydroxyl groups is 1. The van der Waals surface area contributed by atoms with Crippen LogP contribution in [0.5, 0.6) is 5.75 Å². The van der Waals surface area contributed by atoms with Gasteiger partial charge < -0.3 is 20.1 Å². The van der Waals surface area contributed by atoms with Gasteiger partial charge in [-0.3, -0.25) is 9.69 Å². The Bertz CT molecular complexity index is 1340. The van der Waals surface area contributed by atoms with Crippen LogP contribution in [0.15, 0.2) is 59.7 Å². The van der Waals surface area contributed by atoms with Crippen molar-refractivity contribution in [3.05, 3.63) is 93.2 Å². The van der Waals surface area contributed by atoms with E-state index in [4.69, 9.17) is 4.74 Å². The molecular weight excluding hydrogens is 476 g/mol. The highest BCUT2D eigenvalue weighted by atomic mass is 16.5. The lowest BCUT2D eigenvalue weighted by atomic mass is 9.90. The van der Waals surface area contributed by atoms with Crippen LogP contribution in [0.1, 0.15) is 60.1 Å². The molecular formula is C31H36N4O3. The molecule has 1 saturated carbocycles. The minimum atomic E-state index is -0.503. The maximum absolute atomic E-state index is 11.9. The van der Waals surface area contributed by atoms with Gasteiger partial charge in [0, 0.05) is 49.8 Å². The Kier molecular flexibility index (Phi) is 7.94. The van der Waals surface area contributed by atoms with Crippen LogP contribution in [0.2, 0.25) is 0 Å². The summed E-state index contributed by atoms with van der Waals surface area (Å²) in [4.78, 5) is 20.9. The normalized spacial score (nSPS) is 17.3. The van der Waals surface area contributed by atoms with Gasteiger partial charge in [-0.05, 0) is 74.0 Å². The molecule has 0 radical (unpaired) electrons. The van der Waals surface area contributed by atoms with Gasteiger partial charge in [0.2, 0.25) is 5.75 Å². The van der Waals surface area contributed by atoms with Crippen molar-refractivity contribution in [2.24, 2.45) is 0 Å². The van der Waals surface area contributed by atoms with Crippen molar-refractivity contribution in [2.45, 2.75) is 56.7 Å². The summed E-state index contributed by atoms with van der Waals surface area (Å²) < 4.78 is 5.35. The van der Waals surface area contributed by atoms with E-state index < -0.39 is 5.56 Å². The zero-order chi connectivity index (χ0) is 26.5. The van der Waals surface area contributed by atoms with Gasteiger partial charge in [-0.15, -0.1) is 0 Å². The lowest BCUT2D eigenvalue weighted by Crippen LogP contribution is -2.50. The van der Waals surface area contributed by atoms with Crippen LogP contribution in [0, 0.1) is 11.8 Å². The molecule has 2 aliphatic rings. The van der Waals surface area contributed by atoms with Gasteiger partial charge in [-0.2, -0.15) is 0 Å². The number of benzene rings is 2. The number of hydrogen-bond acceptors (Lipinski definition) is 6. The van der Waals surface area contributed by atoms with E-state index >= 15 is 0 Å². The SMILES string of the molecule is COC1CN(Cc2ccc(C#Cc3ccc(C(CCNC4(C)CC4)Cc4nc[nH]c(=O)c4O)cc3)cc2)C1. The molecule has 1 aliphatic heterocycles. The number of hydrogen-bond donors (Lipinski definition) is 3. The van der Waals surface area contributed by atoms with E-state index in [1.165, 1.54) is 24.7 Å². The van der Waals surface area contributed by atoms with E-state index in [1.807, 2.05) is 12.1 Å². The van der Waals surface area contributed by atoms with Crippen molar-refractivity contribution >= 4 is 0 Å². The Labute approximate surface area is 224 Å². The first-order valence-corrected chi connectivity index (χ1v) is 13.4. The zero-order valence-electron chi connectivity index (χ0n) is 22.2. The number of ether oxygens (including phenoxy) is 1. The summed E-state index contributed by atoms with van der Waals surface area (Å²) in [5.74, 6) is 6.37. The van der Waals surface area contributed by atoms with Crippen LogP contribution in [0.3, 0.4) is 0 Å². The van der Waals surface area contributed by atoms with E-state index in [-0.39, 0.29) is 17.2 Å². The molecule has 0 spiro atoms. The summed E-state index contributed by atoms with van der Waals surface area (Å²) in [5.41, 5.74) is 4.55. The average Bonchev–Trinajstić information content (AvgIpc) is 3.64. The fourth-order valence-electron chi connectivity index (χ4n) is 4.85. The van der Waals surface area contributed by atoms with Gasteiger partial charge in [0.05, 0.1) is 18.1 Å². The molecule has 198 valence electrons. The lowest BCUT2D eigenvalue weighted by molar-refractivity contribution is -0.0333. The molecule has 2 aromatic carbocycles. The predicted octanol–water partition coefficient (Wildman–Crippen LogP) is 3.56. The van der Waals surface area contributed by atoms with Crippen molar-refractivity contribution in [3.8, 4) is 17.6 Å². The summed E-state index contributed by atoms with van der Waals surface area (Å²) in [6.45, 7) is 6.04. The molecule has 3 N–H and O–H groups in total. The molecule has 1 unspecified atom stereocenters. The molecule has 5 rings (SSSR count). The molecule has 2 heterocycles. The molecule has 7 heteroatoms. The third-order valence-electron chi connectivity index (χ3n) is 7.74. The quantitative estimate of drug-likeness (QED) is 0.360. The molecule has 7 nitrogen and oxygen atoms in total. The fourth-order valence-corrected chi connectivity index (χ4v) is 4.85. The number of likely N-dealkylation sites (tertiary alicyclic amines) is 1. The highest BCUT2D eigenvalue weighted by molar-refractivity contribution is 5.44. The summed E-state index contributed by atoms with van der Waals surface area (Å²) in [5, 5.41) is 13.9. The summed E-state index contributed by atoms with van der Waals surface area (Å²) in [6, 6.07) is 16.7. The van der Waals surface area contributed by atoms with Crippen molar-refractivity contribution in [1.29, 1.82) is 0 Å². The molecule has 38 heavy (non-hydrogen) atoms. The van der Waals surface area contributed by atoms with Crippen LogP contribution in [-0.2, 0) is 17.7 Å². The van der Waals surface area contributed by atoms with Crippen LogP contribution in [-0.4, -0.2) is 58.4 Å². The minimum absolute atomic E-state index is 0.116. The molecule has 1 aliphatic carbocycles. The smallest absolute Gasteiger partial charge is 0.293 e. The molecule has 2 fully saturated rings. The topological polar surface area (TPSA) is 90.5 Å². The number of H-pyrrole nitrogens is 1. The highest BCUT2D eigenvalue weighted by Crippen LogP contribution is 2.35. The number of aromatic nitrogens is 2. The minimum Gasteiger partial charge on any atom is -0.502 e. The Hall–Kier alpha value is -3.44. The number of nitrogens with zero attached hydrogens (tertiary/aromatic N) is 2. The van der Waals surface area contributed by atoms with Gasteiger partial charge in [0.1, 0.15) is 0 Å². The number of rotatable bonds is 10. The molecule has 1 saturated heterocycles. The van der Waals surface area contributed by atoms with Gasteiger partial charge in [0.15, 0.2) is 0 Å². The second-order valence-electron chi connectivity index (χ2n) is 10.8. The second-order valence-corrected chi connectivity index (χ2v) is 10.8. The average molecular weight is 513 g/mol. The molecule has 3 aromatic rings. The number of aromatic amines is 1. The van der Waals surface area contributed by atoms with E-state index in [9.17, 15) is 9.90 Å². The van der Waals surface area contributed by atoms with Crippen LogP contribution >= 0.6 is 0 Å². The van der Waals surface area contributed by atoms with Crippen molar-refractivity contribution < 1.29 is 9.84 Å². The Morgan fingerprint density at radius 1 is 1.13 bits per heavy atom. The Balaban J connectivity index is 1.23. The van der Waals surface area contributed by atoms with Gasteiger partial charge in [-0.1, -0.05) is 36.1 Å². The summed E-state index contributed by atoms with van der Waals surface area (Å²) >= 11 is 0. The fraction of sp³-hybridized carbons (Fsp3) is 0.419. The van der Waals surface area contributed by atoms with E-state index in [2.05, 4.69) is 75.3 Å². The maximum atomic E-state index is 11.9. The number of nitrogens with one attached hydrogen (secondary N) is 2. The van der Waals surface area contributed by atoms with Crippen LogP contribution in [0.25, 0.3) is 0 Å². The van der Waals surface area contributed by atoms with Crippen LogP contribution in [0.4, 0.5) is 0 Å². The van der Waals surface area contributed by atoms with Crippen molar-refractivity contribution in [2.75, 3.05) is 26.7 Å². The molecule has 1 aromatic heterocycles. The Morgan fingerprint density at radius 3 is 2.42 bits per heavy atom.